The van der Waals surface area contributed by atoms with Gasteiger partial charge < -0.3 is 14.8 Å². The lowest BCUT2D eigenvalue weighted by Gasteiger charge is -2.20. The van der Waals surface area contributed by atoms with Crippen LogP contribution in [0, 0.1) is 0 Å². The van der Waals surface area contributed by atoms with Crippen molar-refractivity contribution in [3.63, 3.8) is 0 Å². The van der Waals surface area contributed by atoms with E-state index in [9.17, 15) is 22.8 Å². The fourth-order valence-electron chi connectivity index (χ4n) is 2.88. The largest absolute Gasteiger partial charge is 0.416 e. The highest BCUT2D eigenvalue weighted by Crippen LogP contribution is 2.29. The predicted octanol–water partition coefficient (Wildman–Crippen LogP) is 2.12. The molecule has 28 heavy (non-hydrogen) atoms. The number of nitrogens with zero attached hydrogens (tertiary/aromatic N) is 3. The van der Waals surface area contributed by atoms with Crippen molar-refractivity contribution in [1.29, 1.82) is 0 Å². The monoisotopic (exact) mass is 392 g/mol. The highest BCUT2D eigenvalue weighted by molar-refractivity contribution is 5.94. The van der Waals surface area contributed by atoms with Crippen LogP contribution in [0.5, 0.6) is 0 Å². The molecule has 1 aliphatic heterocycles. The summed E-state index contributed by atoms with van der Waals surface area (Å²) in [6, 6.07) is 4.45. The summed E-state index contributed by atoms with van der Waals surface area (Å²) < 4.78 is 39.6. The number of carbonyl (C=O) groups is 2. The van der Waals surface area contributed by atoms with Gasteiger partial charge in [0, 0.05) is 44.5 Å². The second kappa shape index (κ2) is 8.28. The summed E-state index contributed by atoms with van der Waals surface area (Å²) in [5.41, 5.74) is -0.296. The molecule has 148 valence electrons. The number of hydrogen-bond acceptors (Lipinski definition) is 3. The molecule has 0 spiro atoms. The van der Waals surface area contributed by atoms with Crippen molar-refractivity contribution in [2.45, 2.75) is 19.1 Å². The molecule has 0 bridgehead atoms. The number of rotatable bonds is 4. The van der Waals surface area contributed by atoms with Crippen LogP contribution in [0.15, 0.2) is 42.7 Å². The molecule has 9 heteroatoms. The lowest BCUT2D eigenvalue weighted by molar-refractivity contribution is -0.137. The number of fused-ring (bicyclic) bond motifs is 1. The van der Waals surface area contributed by atoms with Crippen molar-refractivity contribution >= 4 is 17.9 Å². The second-order valence-electron chi connectivity index (χ2n) is 6.34. The summed E-state index contributed by atoms with van der Waals surface area (Å²) in [5, 5.41) is 2.50. The Morgan fingerprint density at radius 1 is 1.14 bits per heavy atom. The topological polar surface area (TPSA) is 67.2 Å². The van der Waals surface area contributed by atoms with Crippen molar-refractivity contribution in [3.05, 3.63) is 59.7 Å². The van der Waals surface area contributed by atoms with Gasteiger partial charge in [0.15, 0.2) is 0 Å². The Bertz CT molecular complexity index is 850. The molecule has 1 aliphatic rings. The van der Waals surface area contributed by atoms with Crippen LogP contribution in [0.2, 0.25) is 0 Å². The maximum Gasteiger partial charge on any atom is 0.416 e. The lowest BCUT2D eigenvalue weighted by Crippen LogP contribution is -2.41. The van der Waals surface area contributed by atoms with Gasteiger partial charge in [-0.05, 0) is 23.8 Å². The van der Waals surface area contributed by atoms with Gasteiger partial charge in [-0.3, -0.25) is 9.59 Å². The summed E-state index contributed by atoms with van der Waals surface area (Å²) in [7, 11) is 0. The van der Waals surface area contributed by atoms with E-state index < -0.39 is 17.6 Å². The van der Waals surface area contributed by atoms with Crippen LogP contribution in [-0.4, -0.2) is 45.9 Å². The molecular weight excluding hydrogens is 373 g/mol. The number of imidazole rings is 1. The maximum atomic E-state index is 12.5. The second-order valence-corrected chi connectivity index (χ2v) is 6.34. The van der Waals surface area contributed by atoms with Crippen LogP contribution in [0.4, 0.5) is 13.2 Å². The molecule has 0 saturated carbocycles. The summed E-state index contributed by atoms with van der Waals surface area (Å²) in [4.78, 5) is 30.1. The van der Waals surface area contributed by atoms with Crippen molar-refractivity contribution in [3.8, 4) is 0 Å². The van der Waals surface area contributed by atoms with E-state index in [1.54, 1.807) is 11.1 Å². The third-order valence-corrected chi connectivity index (χ3v) is 4.45. The molecular formula is C19H19F3N4O2. The molecule has 0 aliphatic carbocycles. The van der Waals surface area contributed by atoms with E-state index in [0.29, 0.717) is 31.6 Å². The average Bonchev–Trinajstić information content (AvgIpc) is 3.02. The van der Waals surface area contributed by atoms with Gasteiger partial charge in [0.05, 0.1) is 12.1 Å². The minimum absolute atomic E-state index is 0.140. The quantitative estimate of drug-likeness (QED) is 0.811. The van der Waals surface area contributed by atoms with Gasteiger partial charge in [0.2, 0.25) is 11.8 Å². The average molecular weight is 392 g/mol. The SMILES string of the molecule is O=C(/C=C/c1ccc(C(F)(F)F)cc1)NCC(=O)N1CCc2nccn2CC1. The number of benzene rings is 1. The fourth-order valence-corrected chi connectivity index (χ4v) is 2.88. The summed E-state index contributed by atoms with van der Waals surface area (Å²) in [6.45, 7) is 1.59. The molecule has 0 unspecified atom stereocenters. The summed E-state index contributed by atoms with van der Waals surface area (Å²) in [5.74, 6) is 0.247. The van der Waals surface area contributed by atoms with Crippen LogP contribution in [0.1, 0.15) is 17.0 Å². The Hall–Kier alpha value is -3.10. The Morgan fingerprint density at radius 3 is 2.61 bits per heavy atom. The molecule has 1 aromatic heterocycles. The molecule has 3 rings (SSSR count). The number of aromatic nitrogens is 2. The standard InChI is InChI=1S/C19H19F3N4O2/c20-19(21,22)15-4-1-14(2-5-15)3-6-17(27)24-13-18(28)26-9-7-16-23-8-10-25(16)11-12-26/h1-6,8,10H,7,9,11-13H2,(H,24,27)/b6-3+. The molecule has 0 saturated heterocycles. The Morgan fingerprint density at radius 2 is 1.89 bits per heavy atom. The third-order valence-electron chi connectivity index (χ3n) is 4.45. The van der Waals surface area contributed by atoms with E-state index in [0.717, 1.165) is 18.0 Å². The van der Waals surface area contributed by atoms with E-state index >= 15 is 0 Å². The third kappa shape index (κ3) is 4.99. The van der Waals surface area contributed by atoms with Gasteiger partial charge in [-0.1, -0.05) is 12.1 Å². The molecule has 6 nitrogen and oxygen atoms in total. The van der Waals surface area contributed by atoms with Crippen LogP contribution in [0.25, 0.3) is 6.08 Å². The Labute approximate surface area is 159 Å². The summed E-state index contributed by atoms with van der Waals surface area (Å²) >= 11 is 0. The minimum atomic E-state index is -4.40. The maximum absolute atomic E-state index is 12.5. The highest BCUT2D eigenvalue weighted by Gasteiger charge is 2.29. The molecule has 2 heterocycles. The number of alkyl halides is 3. The number of hydrogen-bond donors (Lipinski definition) is 1. The zero-order chi connectivity index (χ0) is 20.1. The first-order valence-electron chi connectivity index (χ1n) is 8.74. The Kier molecular flexibility index (Phi) is 5.81. The summed E-state index contributed by atoms with van der Waals surface area (Å²) in [6.07, 6.45) is 2.44. The molecule has 1 aromatic carbocycles. The van der Waals surface area contributed by atoms with Crippen LogP contribution < -0.4 is 5.32 Å². The molecule has 1 N–H and O–H groups in total. The smallest absolute Gasteiger partial charge is 0.343 e. The lowest BCUT2D eigenvalue weighted by atomic mass is 10.1. The van der Waals surface area contributed by atoms with Gasteiger partial charge in [-0.2, -0.15) is 13.2 Å². The van der Waals surface area contributed by atoms with Crippen molar-refractivity contribution < 1.29 is 22.8 Å². The predicted molar refractivity (Wildman–Crippen MR) is 96.0 cm³/mol. The van der Waals surface area contributed by atoms with Gasteiger partial charge in [-0.15, -0.1) is 0 Å². The number of carbonyl (C=O) groups excluding carboxylic acids is 2. The van der Waals surface area contributed by atoms with E-state index in [2.05, 4.69) is 10.3 Å². The van der Waals surface area contributed by atoms with Crippen LogP contribution in [-0.2, 0) is 28.7 Å². The zero-order valence-electron chi connectivity index (χ0n) is 14.9. The molecule has 2 aromatic rings. The van der Waals surface area contributed by atoms with Crippen LogP contribution >= 0.6 is 0 Å². The van der Waals surface area contributed by atoms with Gasteiger partial charge in [0.1, 0.15) is 5.82 Å². The fraction of sp³-hybridized carbons (Fsp3) is 0.316. The van der Waals surface area contributed by atoms with Gasteiger partial charge >= 0.3 is 6.18 Å². The number of nitrogens with one attached hydrogen (secondary N) is 1. The van der Waals surface area contributed by atoms with E-state index in [1.807, 2.05) is 10.8 Å². The van der Waals surface area contributed by atoms with Gasteiger partial charge in [-0.25, -0.2) is 4.98 Å². The Balaban J connectivity index is 1.46. The van der Waals surface area contributed by atoms with Crippen LogP contribution in [0.3, 0.4) is 0 Å². The van der Waals surface area contributed by atoms with E-state index in [1.165, 1.54) is 24.3 Å². The minimum Gasteiger partial charge on any atom is -0.343 e. The normalized spacial score (nSPS) is 14.6. The number of amides is 2. The first-order valence-corrected chi connectivity index (χ1v) is 8.74. The molecule has 2 amide bonds. The highest BCUT2D eigenvalue weighted by atomic mass is 19.4. The van der Waals surface area contributed by atoms with E-state index in [-0.39, 0.29) is 12.5 Å². The zero-order valence-corrected chi connectivity index (χ0v) is 14.9. The number of halogens is 3. The van der Waals surface area contributed by atoms with Crippen molar-refractivity contribution in [2.75, 3.05) is 19.6 Å². The van der Waals surface area contributed by atoms with Crippen molar-refractivity contribution in [1.82, 2.24) is 19.8 Å². The van der Waals surface area contributed by atoms with E-state index in [4.69, 9.17) is 0 Å². The van der Waals surface area contributed by atoms with Gasteiger partial charge in [0.25, 0.3) is 0 Å². The molecule has 0 atom stereocenters. The molecule has 0 radical (unpaired) electrons. The molecule has 0 fully saturated rings. The first kappa shape index (κ1) is 19.7. The first-order chi connectivity index (χ1) is 13.3. The van der Waals surface area contributed by atoms with Crippen molar-refractivity contribution in [2.24, 2.45) is 0 Å².